The third-order valence-corrected chi connectivity index (χ3v) is 2.87. The highest BCUT2D eigenvalue weighted by atomic mass is 16.5. The van der Waals surface area contributed by atoms with Crippen LogP contribution < -0.4 is 16.4 Å². The highest BCUT2D eigenvalue weighted by molar-refractivity contribution is 5.98. The number of anilines is 2. The maximum atomic E-state index is 11.6. The second-order valence-electron chi connectivity index (χ2n) is 4.30. The maximum absolute atomic E-state index is 11.6. The number of carbonyl (C=O) groups excluding carboxylic acids is 1. The number of aromatic nitrogens is 1. The Morgan fingerprint density at radius 3 is 3.05 bits per heavy atom. The van der Waals surface area contributed by atoms with Gasteiger partial charge in [-0.3, -0.25) is 9.78 Å². The van der Waals surface area contributed by atoms with Gasteiger partial charge in [-0.25, -0.2) is 0 Å². The maximum Gasteiger partial charge on any atom is 0.239 e. The van der Waals surface area contributed by atoms with Crippen LogP contribution in [0.25, 0.3) is 10.9 Å². The van der Waals surface area contributed by atoms with Crippen molar-refractivity contribution in [3.63, 3.8) is 0 Å². The summed E-state index contributed by atoms with van der Waals surface area (Å²) in [7, 11) is 1.60. The average molecular weight is 274 g/mol. The standard InChI is InChI=1S/C14H18N4O2/c1-20-8-7-16-13(19)9-18-12-5-6-17-14-10(12)3-2-4-11(14)15/h2-6H,7-9,15H2,1H3,(H,16,19)(H,17,18). The summed E-state index contributed by atoms with van der Waals surface area (Å²) in [4.78, 5) is 15.9. The molecule has 0 saturated heterocycles. The van der Waals surface area contributed by atoms with Crippen molar-refractivity contribution in [3.8, 4) is 0 Å². The molecule has 0 fully saturated rings. The van der Waals surface area contributed by atoms with E-state index in [9.17, 15) is 4.79 Å². The molecule has 0 radical (unpaired) electrons. The number of para-hydroxylation sites is 1. The van der Waals surface area contributed by atoms with Crippen LogP contribution in [-0.4, -0.2) is 37.7 Å². The van der Waals surface area contributed by atoms with Crippen molar-refractivity contribution in [2.45, 2.75) is 0 Å². The number of nitrogen functional groups attached to an aromatic ring is 1. The van der Waals surface area contributed by atoms with Crippen LogP contribution in [0.4, 0.5) is 11.4 Å². The first kappa shape index (κ1) is 14.1. The van der Waals surface area contributed by atoms with Crippen LogP contribution in [0.15, 0.2) is 30.5 Å². The lowest BCUT2D eigenvalue weighted by molar-refractivity contribution is -0.119. The fraction of sp³-hybridized carbons (Fsp3) is 0.286. The number of methoxy groups -OCH3 is 1. The molecule has 1 heterocycles. The normalized spacial score (nSPS) is 10.4. The molecule has 2 aromatic rings. The third-order valence-electron chi connectivity index (χ3n) is 2.87. The van der Waals surface area contributed by atoms with Crippen LogP contribution in [0.5, 0.6) is 0 Å². The Kier molecular flexibility index (Phi) is 4.73. The Morgan fingerprint density at radius 2 is 2.25 bits per heavy atom. The second kappa shape index (κ2) is 6.72. The number of pyridine rings is 1. The van der Waals surface area contributed by atoms with E-state index in [2.05, 4.69) is 15.6 Å². The van der Waals surface area contributed by atoms with E-state index in [1.165, 1.54) is 0 Å². The number of nitrogens with zero attached hydrogens (tertiary/aromatic N) is 1. The minimum atomic E-state index is -0.0871. The van der Waals surface area contributed by atoms with Crippen molar-refractivity contribution in [2.75, 3.05) is 37.9 Å². The lowest BCUT2D eigenvalue weighted by Gasteiger charge is -2.10. The Hall–Kier alpha value is -2.34. The molecule has 0 spiro atoms. The first-order valence-corrected chi connectivity index (χ1v) is 6.35. The quantitative estimate of drug-likeness (QED) is 0.540. The zero-order valence-electron chi connectivity index (χ0n) is 11.3. The second-order valence-corrected chi connectivity index (χ2v) is 4.30. The number of amides is 1. The van der Waals surface area contributed by atoms with Crippen LogP contribution in [0.1, 0.15) is 0 Å². The van der Waals surface area contributed by atoms with E-state index in [-0.39, 0.29) is 12.5 Å². The summed E-state index contributed by atoms with van der Waals surface area (Å²) in [5.74, 6) is -0.0871. The van der Waals surface area contributed by atoms with E-state index in [0.717, 1.165) is 16.6 Å². The van der Waals surface area contributed by atoms with Crippen molar-refractivity contribution in [1.29, 1.82) is 0 Å². The average Bonchev–Trinajstić information content (AvgIpc) is 2.46. The van der Waals surface area contributed by atoms with Crippen molar-refractivity contribution >= 4 is 28.2 Å². The lowest BCUT2D eigenvalue weighted by atomic mass is 10.1. The van der Waals surface area contributed by atoms with Crippen molar-refractivity contribution < 1.29 is 9.53 Å². The molecule has 20 heavy (non-hydrogen) atoms. The predicted molar refractivity (Wildman–Crippen MR) is 79.5 cm³/mol. The number of hydrogen-bond donors (Lipinski definition) is 3. The summed E-state index contributed by atoms with van der Waals surface area (Å²) in [6.07, 6.45) is 1.67. The van der Waals surface area contributed by atoms with Crippen LogP contribution in [0.3, 0.4) is 0 Å². The summed E-state index contributed by atoms with van der Waals surface area (Å²) >= 11 is 0. The minimum Gasteiger partial charge on any atom is -0.397 e. The van der Waals surface area contributed by atoms with Crippen molar-refractivity contribution in [1.82, 2.24) is 10.3 Å². The number of nitrogens with one attached hydrogen (secondary N) is 2. The number of fused-ring (bicyclic) bond motifs is 1. The summed E-state index contributed by atoms with van der Waals surface area (Å²) in [5, 5.41) is 6.74. The van der Waals surface area contributed by atoms with Crippen LogP contribution >= 0.6 is 0 Å². The fourth-order valence-electron chi connectivity index (χ4n) is 1.88. The lowest BCUT2D eigenvalue weighted by Crippen LogP contribution is -2.32. The number of rotatable bonds is 6. The third kappa shape index (κ3) is 3.36. The molecule has 0 unspecified atom stereocenters. The molecule has 1 aromatic heterocycles. The van der Waals surface area contributed by atoms with E-state index in [1.54, 1.807) is 19.4 Å². The highest BCUT2D eigenvalue weighted by Crippen LogP contribution is 2.25. The molecule has 0 aliphatic rings. The largest absolute Gasteiger partial charge is 0.397 e. The van der Waals surface area contributed by atoms with E-state index in [4.69, 9.17) is 10.5 Å². The van der Waals surface area contributed by atoms with E-state index >= 15 is 0 Å². The Labute approximate surface area is 117 Å². The molecular formula is C14H18N4O2. The molecule has 0 aliphatic heterocycles. The van der Waals surface area contributed by atoms with Gasteiger partial charge in [-0.1, -0.05) is 12.1 Å². The summed E-state index contributed by atoms with van der Waals surface area (Å²) < 4.78 is 4.87. The van der Waals surface area contributed by atoms with Crippen LogP contribution in [0, 0.1) is 0 Å². The molecule has 1 aromatic carbocycles. The van der Waals surface area contributed by atoms with E-state index in [0.29, 0.717) is 18.8 Å². The molecule has 0 bridgehead atoms. The number of nitrogens with two attached hydrogens (primary N) is 1. The topological polar surface area (TPSA) is 89.3 Å². The molecule has 0 aliphatic carbocycles. The first-order chi connectivity index (χ1) is 9.72. The zero-order chi connectivity index (χ0) is 14.4. The molecule has 1 amide bonds. The molecule has 6 heteroatoms. The Bertz CT molecular complexity index is 601. The molecular weight excluding hydrogens is 256 g/mol. The Balaban J connectivity index is 2.03. The molecule has 0 saturated carbocycles. The number of ether oxygens (including phenoxy) is 1. The number of carbonyl (C=O) groups is 1. The summed E-state index contributed by atoms with van der Waals surface area (Å²) in [5.41, 5.74) is 8.07. The van der Waals surface area contributed by atoms with Gasteiger partial charge in [0.15, 0.2) is 0 Å². The van der Waals surface area contributed by atoms with Crippen molar-refractivity contribution in [2.24, 2.45) is 0 Å². The van der Waals surface area contributed by atoms with Gasteiger partial charge in [0.2, 0.25) is 5.91 Å². The first-order valence-electron chi connectivity index (χ1n) is 6.35. The molecule has 4 N–H and O–H groups in total. The Morgan fingerprint density at radius 1 is 1.40 bits per heavy atom. The van der Waals surface area contributed by atoms with Gasteiger partial charge >= 0.3 is 0 Å². The minimum absolute atomic E-state index is 0.0871. The van der Waals surface area contributed by atoms with Gasteiger partial charge in [0, 0.05) is 30.9 Å². The molecule has 0 atom stereocenters. The van der Waals surface area contributed by atoms with Crippen LogP contribution in [0.2, 0.25) is 0 Å². The highest BCUT2D eigenvalue weighted by Gasteiger charge is 2.05. The molecule has 6 nitrogen and oxygen atoms in total. The monoisotopic (exact) mass is 274 g/mol. The predicted octanol–water partition coefficient (Wildman–Crippen LogP) is 0.992. The summed E-state index contributed by atoms with van der Waals surface area (Å²) in [6, 6.07) is 7.41. The van der Waals surface area contributed by atoms with Gasteiger partial charge in [0.1, 0.15) is 0 Å². The van der Waals surface area contributed by atoms with Gasteiger partial charge in [-0.05, 0) is 12.1 Å². The molecule has 106 valence electrons. The SMILES string of the molecule is COCCNC(=O)CNc1ccnc2c(N)cccc12. The van der Waals surface area contributed by atoms with E-state index < -0.39 is 0 Å². The smallest absolute Gasteiger partial charge is 0.239 e. The van der Waals surface area contributed by atoms with Gasteiger partial charge in [0.25, 0.3) is 0 Å². The number of hydrogen-bond acceptors (Lipinski definition) is 5. The van der Waals surface area contributed by atoms with Gasteiger partial charge < -0.3 is 21.1 Å². The van der Waals surface area contributed by atoms with Crippen LogP contribution in [-0.2, 0) is 9.53 Å². The summed E-state index contributed by atoms with van der Waals surface area (Å²) in [6.45, 7) is 1.19. The van der Waals surface area contributed by atoms with Gasteiger partial charge in [0.05, 0.1) is 24.4 Å². The van der Waals surface area contributed by atoms with Gasteiger partial charge in [-0.2, -0.15) is 0 Å². The van der Waals surface area contributed by atoms with Crippen molar-refractivity contribution in [3.05, 3.63) is 30.5 Å². The molecule has 2 rings (SSSR count). The van der Waals surface area contributed by atoms with Gasteiger partial charge in [-0.15, -0.1) is 0 Å². The fourth-order valence-corrected chi connectivity index (χ4v) is 1.88. The number of benzene rings is 1. The zero-order valence-corrected chi connectivity index (χ0v) is 11.3. The van der Waals surface area contributed by atoms with E-state index in [1.807, 2.05) is 18.2 Å².